The normalized spacial score (nSPS) is 17.6. The van der Waals surface area contributed by atoms with E-state index in [2.05, 4.69) is 38.4 Å². The predicted molar refractivity (Wildman–Crippen MR) is 78.1 cm³/mol. The van der Waals surface area contributed by atoms with Gasteiger partial charge in [-0.05, 0) is 41.5 Å². The van der Waals surface area contributed by atoms with Crippen molar-refractivity contribution in [2.24, 2.45) is 0 Å². The number of nitrogens with zero attached hydrogens (tertiary/aromatic N) is 1. The van der Waals surface area contributed by atoms with Crippen LogP contribution in [0.15, 0.2) is 16.6 Å². The number of amides is 1. The summed E-state index contributed by atoms with van der Waals surface area (Å²) in [6.45, 7) is 5.78. The number of carbonyl (C=O) groups is 1. The molecule has 0 aromatic heterocycles. The Labute approximate surface area is 116 Å². The topological polar surface area (TPSA) is 44.4 Å². The summed E-state index contributed by atoms with van der Waals surface area (Å²) in [5.74, 6) is 0.0232. The van der Waals surface area contributed by atoms with Gasteiger partial charge in [-0.2, -0.15) is 0 Å². The fourth-order valence-electron chi connectivity index (χ4n) is 2.14. The van der Waals surface area contributed by atoms with Crippen LogP contribution >= 0.6 is 15.9 Å². The molecule has 1 aromatic carbocycles. The van der Waals surface area contributed by atoms with Crippen molar-refractivity contribution in [2.75, 3.05) is 30.4 Å². The first-order chi connectivity index (χ1) is 8.58. The second kappa shape index (κ2) is 5.28. The summed E-state index contributed by atoms with van der Waals surface area (Å²) in [6.07, 6.45) is 0. The van der Waals surface area contributed by atoms with Gasteiger partial charge >= 0.3 is 0 Å². The zero-order valence-corrected chi connectivity index (χ0v) is 12.5. The minimum atomic E-state index is -0.234. The maximum Gasteiger partial charge on any atom is 0.246 e. The number of fused-ring (bicyclic) bond motifs is 1. The van der Waals surface area contributed by atoms with Gasteiger partial charge in [0.2, 0.25) is 5.91 Å². The van der Waals surface area contributed by atoms with Gasteiger partial charge in [0.1, 0.15) is 6.04 Å². The Balaban J connectivity index is 2.41. The molecule has 0 bridgehead atoms. The summed E-state index contributed by atoms with van der Waals surface area (Å²) in [5, 5.41) is 6.12. The number of nitrogens with one attached hydrogen (secondary N) is 2. The molecule has 1 amide bonds. The standard InChI is InChI=1S/C13H18BrN3O/c1-4-15-12-8-6-9(14)11(17(3)5-2)7-10(8)16-13(12)18/h6-7,12,15H,4-5H2,1-3H3,(H,16,18). The van der Waals surface area contributed by atoms with Crippen LogP contribution < -0.4 is 15.5 Å². The molecule has 0 aliphatic carbocycles. The van der Waals surface area contributed by atoms with Crippen molar-refractivity contribution in [1.82, 2.24) is 5.32 Å². The molecule has 4 nitrogen and oxygen atoms in total. The first-order valence-electron chi connectivity index (χ1n) is 6.17. The summed E-state index contributed by atoms with van der Waals surface area (Å²) < 4.78 is 1.02. The lowest BCUT2D eigenvalue weighted by Crippen LogP contribution is -2.27. The lowest BCUT2D eigenvalue weighted by Gasteiger charge is -2.20. The number of carbonyl (C=O) groups excluding carboxylic acids is 1. The van der Waals surface area contributed by atoms with E-state index in [0.717, 1.165) is 34.5 Å². The van der Waals surface area contributed by atoms with Crippen molar-refractivity contribution in [3.05, 3.63) is 22.2 Å². The van der Waals surface area contributed by atoms with Gasteiger partial charge in [-0.25, -0.2) is 0 Å². The number of likely N-dealkylation sites (N-methyl/N-ethyl adjacent to an activating group) is 1. The summed E-state index contributed by atoms with van der Waals surface area (Å²) in [7, 11) is 2.03. The van der Waals surface area contributed by atoms with Gasteiger partial charge in [0.15, 0.2) is 0 Å². The smallest absolute Gasteiger partial charge is 0.246 e. The van der Waals surface area contributed by atoms with Gasteiger partial charge in [0.25, 0.3) is 0 Å². The van der Waals surface area contributed by atoms with Crippen LogP contribution in [0.25, 0.3) is 0 Å². The minimum absolute atomic E-state index is 0.0232. The monoisotopic (exact) mass is 311 g/mol. The number of benzene rings is 1. The third kappa shape index (κ3) is 2.24. The van der Waals surface area contributed by atoms with Gasteiger partial charge in [0, 0.05) is 29.3 Å². The second-order valence-corrected chi connectivity index (χ2v) is 5.24. The molecule has 98 valence electrons. The molecule has 1 aromatic rings. The molecule has 0 saturated carbocycles. The van der Waals surface area contributed by atoms with Crippen LogP contribution in [0.4, 0.5) is 11.4 Å². The first kappa shape index (κ1) is 13.4. The van der Waals surface area contributed by atoms with Crippen LogP contribution in [-0.4, -0.2) is 26.0 Å². The third-order valence-corrected chi connectivity index (χ3v) is 3.88. The predicted octanol–water partition coefficient (Wildman–Crippen LogP) is 2.51. The molecule has 1 aliphatic heterocycles. The Morgan fingerprint density at radius 1 is 1.44 bits per heavy atom. The number of anilines is 2. The molecule has 0 saturated heterocycles. The highest BCUT2D eigenvalue weighted by molar-refractivity contribution is 9.10. The van der Waals surface area contributed by atoms with Gasteiger partial charge in [0.05, 0.1) is 5.69 Å². The molecule has 2 rings (SSSR count). The minimum Gasteiger partial charge on any atom is -0.374 e. The Hall–Kier alpha value is -1.07. The van der Waals surface area contributed by atoms with E-state index in [0.29, 0.717) is 0 Å². The van der Waals surface area contributed by atoms with E-state index in [1.807, 2.05) is 26.1 Å². The molecule has 1 heterocycles. The quantitative estimate of drug-likeness (QED) is 0.898. The van der Waals surface area contributed by atoms with Crippen LogP contribution in [0, 0.1) is 0 Å². The summed E-state index contributed by atoms with van der Waals surface area (Å²) in [5.41, 5.74) is 3.01. The van der Waals surface area contributed by atoms with E-state index in [1.165, 1.54) is 0 Å². The zero-order chi connectivity index (χ0) is 13.3. The molecule has 1 atom stereocenters. The van der Waals surface area contributed by atoms with E-state index >= 15 is 0 Å². The summed E-state index contributed by atoms with van der Waals surface area (Å²) in [4.78, 5) is 14.0. The maximum absolute atomic E-state index is 11.9. The Kier molecular flexibility index (Phi) is 3.92. The molecule has 1 unspecified atom stereocenters. The van der Waals surface area contributed by atoms with Crippen LogP contribution in [0.1, 0.15) is 25.5 Å². The second-order valence-electron chi connectivity index (χ2n) is 4.38. The van der Waals surface area contributed by atoms with Crippen molar-refractivity contribution in [3.8, 4) is 0 Å². The van der Waals surface area contributed by atoms with Gasteiger partial charge < -0.3 is 15.5 Å². The average Bonchev–Trinajstić information content (AvgIpc) is 2.64. The number of rotatable bonds is 4. The van der Waals surface area contributed by atoms with E-state index in [4.69, 9.17) is 0 Å². The van der Waals surface area contributed by atoms with Crippen molar-refractivity contribution >= 4 is 33.2 Å². The number of hydrogen-bond acceptors (Lipinski definition) is 3. The number of halogens is 1. The maximum atomic E-state index is 11.9. The molecule has 2 N–H and O–H groups in total. The lowest BCUT2D eigenvalue weighted by molar-refractivity contribution is -0.117. The van der Waals surface area contributed by atoms with E-state index in [1.54, 1.807) is 0 Å². The van der Waals surface area contributed by atoms with Crippen LogP contribution in [0.5, 0.6) is 0 Å². The molecular formula is C13H18BrN3O. The van der Waals surface area contributed by atoms with Crippen LogP contribution in [-0.2, 0) is 4.79 Å². The highest BCUT2D eigenvalue weighted by Gasteiger charge is 2.30. The van der Waals surface area contributed by atoms with Crippen molar-refractivity contribution < 1.29 is 4.79 Å². The first-order valence-corrected chi connectivity index (χ1v) is 6.96. The number of hydrogen-bond donors (Lipinski definition) is 2. The van der Waals surface area contributed by atoms with Crippen LogP contribution in [0.2, 0.25) is 0 Å². The van der Waals surface area contributed by atoms with Gasteiger partial charge in [-0.15, -0.1) is 0 Å². The lowest BCUT2D eigenvalue weighted by atomic mass is 10.1. The summed E-state index contributed by atoms with van der Waals surface area (Å²) >= 11 is 3.58. The third-order valence-electron chi connectivity index (χ3n) is 3.24. The van der Waals surface area contributed by atoms with Crippen LogP contribution in [0.3, 0.4) is 0 Å². The SMILES string of the molecule is CCNC1C(=O)Nc2cc(N(C)CC)c(Br)cc21. The molecular weight excluding hydrogens is 294 g/mol. The van der Waals surface area contributed by atoms with E-state index in [-0.39, 0.29) is 11.9 Å². The molecule has 1 aliphatic rings. The van der Waals surface area contributed by atoms with Crippen molar-refractivity contribution in [1.29, 1.82) is 0 Å². The van der Waals surface area contributed by atoms with Gasteiger partial charge in [-0.3, -0.25) is 4.79 Å². The molecule has 0 spiro atoms. The molecule has 0 radical (unpaired) electrons. The molecule has 5 heteroatoms. The average molecular weight is 312 g/mol. The largest absolute Gasteiger partial charge is 0.374 e. The highest BCUT2D eigenvalue weighted by Crippen LogP contribution is 2.38. The highest BCUT2D eigenvalue weighted by atomic mass is 79.9. The fourth-order valence-corrected chi connectivity index (χ4v) is 2.80. The summed E-state index contributed by atoms with van der Waals surface area (Å²) in [6, 6.07) is 3.82. The Morgan fingerprint density at radius 2 is 2.17 bits per heavy atom. The van der Waals surface area contributed by atoms with Crippen molar-refractivity contribution in [2.45, 2.75) is 19.9 Å². The molecule has 0 fully saturated rings. The van der Waals surface area contributed by atoms with E-state index in [9.17, 15) is 4.79 Å². The Morgan fingerprint density at radius 3 is 2.78 bits per heavy atom. The zero-order valence-electron chi connectivity index (χ0n) is 10.9. The molecule has 18 heavy (non-hydrogen) atoms. The van der Waals surface area contributed by atoms with E-state index < -0.39 is 0 Å². The van der Waals surface area contributed by atoms with Gasteiger partial charge in [-0.1, -0.05) is 6.92 Å². The fraction of sp³-hybridized carbons (Fsp3) is 0.462. The van der Waals surface area contributed by atoms with Crippen molar-refractivity contribution in [3.63, 3.8) is 0 Å². The Bertz CT molecular complexity index is 476.